The Morgan fingerprint density at radius 3 is 2.75 bits per heavy atom. The summed E-state index contributed by atoms with van der Waals surface area (Å²) in [6, 6.07) is 0. The summed E-state index contributed by atoms with van der Waals surface area (Å²) < 4.78 is 27.1. The zero-order chi connectivity index (χ0) is 15.0. The molecule has 0 amide bonds. The number of sulfonamides is 1. The SMILES string of the molecule is CCCNCc1c(S(=O)(=O)NCCCSC)n[nH]c1C. The van der Waals surface area contributed by atoms with Gasteiger partial charge in [-0.05, 0) is 38.3 Å². The number of H-pyrrole nitrogens is 1. The van der Waals surface area contributed by atoms with Crippen LogP contribution in [0.15, 0.2) is 5.03 Å². The van der Waals surface area contributed by atoms with Gasteiger partial charge in [-0.1, -0.05) is 6.92 Å². The van der Waals surface area contributed by atoms with Gasteiger partial charge in [0.25, 0.3) is 10.0 Å². The fourth-order valence-electron chi connectivity index (χ4n) is 1.74. The molecule has 0 spiro atoms. The van der Waals surface area contributed by atoms with Gasteiger partial charge in [0, 0.05) is 24.3 Å². The lowest BCUT2D eigenvalue weighted by atomic mass is 10.2. The molecule has 1 heterocycles. The van der Waals surface area contributed by atoms with Crippen LogP contribution in [0.5, 0.6) is 0 Å². The highest BCUT2D eigenvalue weighted by Crippen LogP contribution is 2.15. The molecule has 0 atom stereocenters. The van der Waals surface area contributed by atoms with E-state index in [-0.39, 0.29) is 5.03 Å². The van der Waals surface area contributed by atoms with Crippen molar-refractivity contribution < 1.29 is 8.42 Å². The van der Waals surface area contributed by atoms with E-state index in [1.54, 1.807) is 11.8 Å². The fourth-order valence-corrected chi connectivity index (χ4v) is 3.44. The lowest BCUT2D eigenvalue weighted by Gasteiger charge is -2.07. The third-order valence-electron chi connectivity index (χ3n) is 2.84. The van der Waals surface area contributed by atoms with E-state index in [1.165, 1.54) is 0 Å². The van der Waals surface area contributed by atoms with Crippen molar-refractivity contribution in [1.82, 2.24) is 20.2 Å². The molecule has 8 heteroatoms. The van der Waals surface area contributed by atoms with Gasteiger partial charge in [0.2, 0.25) is 0 Å². The Hall–Kier alpha value is -0.570. The van der Waals surface area contributed by atoms with Crippen molar-refractivity contribution in [2.75, 3.05) is 25.1 Å². The van der Waals surface area contributed by atoms with Gasteiger partial charge in [-0.2, -0.15) is 16.9 Å². The first-order valence-electron chi connectivity index (χ1n) is 6.76. The summed E-state index contributed by atoms with van der Waals surface area (Å²) >= 11 is 1.70. The van der Waals surface area contributed by atoms with Crippen LogP contribution >= 0.6 is 11.8 Å². The molecular formula is C12H24N4O2S2. The third kappa shape index (κ3) is 5.08. The summed E-state index contributed by atoms with van der Waals surface area (Å²) in [6.07, 6.45) is 3.82. The van der Waals surface area contributed by atoms with E-state index >= 15 is 0 Å². The molecule has 20 heavy (non-hydrogen) atoms. The first-order valence-corrected chi connectivity index (χ1v) is 9.63. The Kier molecular flexibility index (Phi) is 7.57. The van der Waals surface area contributed by atoms with Crippen LogP contribution in [0.25, 0.3) is 0 Å². The Morgan fingerprint density at radius 1 is 1.35 bits per heavy atom. The number of nitrogens with one attached hydrogen (secondary N) is 3. The number of rotatable bonds is 10. The lowest BCUT2D eigenvalue weighted by Crippen LogP contribution is -2.27. The number of hydrogen-bond donors (Lipinski definition) is 3. The quantitative estimate of drug-likeness (QED) is 0.565. The number of aryl methyl sites for hydroxylation is 1. The highest BCUT2D eigenvalue weighted by Gasteiger charge is 2.22. The molecule has 0 bridgehead atoms. The smallest absolute Gasteiger partial charge is 0.260 e. The number of aromatic amines is 1. The molecule has 0 aliphatic rings. The van der Waals surface area contributed by atoms with Gasteiger partial charge in [0.15, 0.2) is 5.03 Å². The minimum atomic E-state index is -3.53. The van der Waals surface area contributed by atoms with Crippen LogP contribution in [0.1, 0.15) is 31.0 Å². The predicted octanol–water partition coefficient (Wildman–Crippen LogP) is 1.25. The Labute approximate surface area is 125 Å². The first-order chi connectivity index (χ1) is 9.53. The van der Waals surface area contributed by atoms with Crippen molar-refractivity contribution in [1.29, 1.82) is 0 Å². The van der Waals surface area contributed by atoms with Gasteiger partial charge in [0.1, 0.15) is 0 Å². The second-order valence-corrected chi connectivity index (χ2v) is 7.22. The van der Waals surface area contributed by atoms with Crippen LogP contribution in [0.2, 0.25) is 0 Å². The molecule has 1 aromatic rings. The normalized spacial score (nSPS) is 11.9. The number of aromatic nitrogens is 2. The minimum absolute atomic E-state index is 0.114. The van der Waals surface area contributed by atoms with E-state index in [0.717, 1.165) is 36.4 Å². The molecule has 1 rings (SSSR count). The van der Waals surface area contributed by atoms with E-state index in [9.17, 15) is 8.42 Å². The van der Waals surface area contributed by atoms with Crippen molar-refractivity contribution in [3.8, 4) is 0 Å². The van der Waals surface area contributed by atoms with E-state index in [1.807, 2.05) is 13.2 Å². The molecule has 0 aromatic carbocycles. The lowest BCUT2D eigenvalue weighted by molar-refractivity contribution is 0.573. The van der Waals surface area contributed by atoms with Crippen LogP contribution in [0, 0.1) is 6.92 Å². The van der Waals surface area contributed by atoms with Gasteiger partial charge in [-0.15, -0.1) is 0 Å². The summed E-state index contributed by atoms with van der Waals surface area (Å²) in [6.45, 7) is 5.71. The largest absolute Gasteiger partial charge is 0.313 e. The minimum Gasteiger partial charge on any atom is -0.313 e. The fraction of sp³-hybridized carbons (Fsp3) is 0.750. The van der Waals surface area contributed by atoms with Gasteiger partial charge < -0.3 is 5.32 Å². The number of hydrogen-bond acceptors (Lipinski definition) is 5. The highest BCUT2D eigenvalue weighted by molar-refractivity contribution is 7.98. The second kappa shape index (κ2) is 8.66. The maximum Gasteiger partial charge on any atom is 0.260 e. The van der Waals surface area contributed by atoms with E-state index < -0.39 is 10.0 Å². The molecule has 0 fully saturated rings. The van der Waals surface area contributed by atoms with Crippen molar-refractivity contribution in [2.45, 2.75) is 38.3 Å². The second-order valence-electron chi connectivity index (χ2n) is 4.55. The molecule has 0 aliphatic heterocycles. The summed E-state index contributed by atoms with van der Waals surface area (Å²) in [5.41, 5.74) is 1.51. The number of thioether (sulfide) groups is 1. The van der Waals surface area contributed by atoms with Crippen LogP contribution in [-0.2, 0) is 16.6 Å². The van der Waals surface area contributed by atoms with Crippen molar-refractivity contribution in [2.24, 2.45) is 0 Å². The maximum absolute atomic E-state index is 12.2. The van der Waals surface area contributed by atoms with E-state index in [2.05, 4.69) is 27.2 Å². The monoisotopic (exact) mass is 320 g/mol. The van der Waals surface area contributed by atoms with Crippen molar-refractivity contribution >= 4 is 21.8 Å². The molecule has 0 saturated heterocycles. The van der Waals surface area contributed by atoms with Gasteiger partial charge in [-0.25, -0.2) is 13.1 Å². The topological polar surface area (TPSA) is 86.9 Å². The van der Waals surface area contributed by atoms with Crippen molar-refractivity contribution in [3.63, 3.8) is 0 Å². The van der Waals surface area contributed by atoms with E-state index in [4.69, 9.17) is 0 Å². The molecule has 6 nitrogen and oxygen atoms in total. The molecule has 0 aliphatic carbocycles. The molecular weight excluding hydrogens is 296 g/mol. The predicted molar refractivity (Wildman–Crippen MR) is 83.5 cm³/mol. The molecule has 1 aromatic heterocycles. The average Bonchev–Trinajstić information content (AvgIpc) is 2.78. The van der Waals surface area contributed by atoms with Crippen LogP contribution in [0.4, 0.5) is 0 Å². The average molecular weight is 320 g/mol. The zero-order valence-corrected chi connectivity index (χ0v) is 14.0. The first kappa shape index (κ1) is 17.5. The molecule has 0 radical (unpaired) electrons. The van der Waals surface area contributed by atoms with Crippen LogP contribution in [-0.4, -0.2) is 43.7 Å². The maximum atomic E-state index is 12.2. The third-order valence-corrected chi connectivity index (χ3v) is 4.96. The molecule has 3 N–H and O–H groups in total. The summed E-state index contributed by atoms with van der Waals surface area (Å²) in [5.74, 6) is 0.938. The van der Waals surface area contributed by atoms with Crippen molar-refractivity contribution in [3.05, 3.63) is 11.3 Å². The Bertz CT molecular complexity index is 500. The Morgan fingerprint density at radius 2 is 2.10 bits per heavy atom. The number of nitrogens with zero attached hydrogens (tertiary/aromatic N) is 1. The van der Waals surface area contributed by atoms with Gasteiger partial charge in [0.05, 0.1) is 0 Å². The summed E-state index contributed by atoms with van der Waals surface area (Å²) in [7, 11) is -3.53. The Balaban J connectivity index is 2.73. The zero-order valence-electron chi connectivity index (χ0n) is 12.3. The molecule has 0 saturated carbocycles. The van der Waals surface area contributed by atoms with Gasteiger partial charge in [-0.3, -0.25) is 5.10 Å². The summed E-state index contributed by atoms with van der Waals surface area (Å²) in [4.78, 5) is 0. The van der Waals surface area contributed by atoms with Crippen LogP contribution in [0.3, 0.4) is 0 Å². The van der Waals surface area contributed by atoms with Crippen LogP contribution < -0.4 is 10.0 Å². The molecule has 0 unspecified atom stereocenters. The molecule has 116 valence electrons. The van der Waals surface area contributed by atoms with Gasteiger partial charge >= 0.3 is 0 Å². The standard InChI is InChI=1S/C12H24N4O2S2/c1-4-6-13-9-11-10(2)15-16-12(11)20(17,18)14-7-5-8-19-3/h13-14H,4-9H2,1-3H3,(H,15,16). The van der Waals surface area contributed by atoms with E-state index in [0.29, 0.717) is 13.1 Å². The highest BCUT2D eigenvalue weighted by atomic mass is 32.2. The summed E-state index contributed by atoms with van der Waals surface area (Å²) in [5, 5.41) is 10.0.